The molecule has 2 atom stereocenters. The largest absolute Gasteiger partial charge is 0.451 e. The summed E-state index contributed by atoms with van der Waals surface area (Å²) in [6.07, 6.45) is 1.29. The van der Waals surface area contributed by atoms with Gasteiger partial charge in [-0.1, -0.05) is 42.1 Å². The molecule has 2 aromatic rings. The fraction of sp³-hybridized carbons (Fsp3) is 0.577. The first-order chi connectivity index (χ1) is 17.6. The fourth-order valence-corrected chi connectivity index (χ4v) is 5.51. The van der Waals surface area contributed by atoms with Crippen LogP contribution in [0.2, 0.25) is 10.0 Å². The summed E-state index contributed by atoms with van der Waals surface area (Å²) < 4.78 is 46.6. The zero-order valence-electron chi connectivity index (χ0n) is 20.9. The second kappa shape index (κ2) is 11.8. The van der Waals surface area contributed by atoms with Crippen molar-refractivity contribution in [3.63, 3.8) is 0 Å². The van der Waals surface area contributed by atoms with E-state index in [1.54, 1.807) is 37.1 Å². The van der Waals surface area contributed by atoms with Crippen LogP contribution in [0.4, 0.5) is 13.2 Å². The highest BCUT2D eigenvalue weighted by molar-refractivity contribution is 6.42. The molecule has 0 bridgehead atoms. The van der Waals surface area contributed by atoms with Gasteiger partial charge in [-0.15, -0.1) is 0 Å². The van der Waals surface area contributed by atoms with E-state index < -0.39 is 17.9 Å². The van der Waals surface area contributed by atoms with Crippen molar-refractivity contribution in [2.45, 2.75) is 76.2 Å². The first-order valence-electron chi connectivity index (χ1n) is 12.5. The number of alkyl halides is 3. The van der Waals surface area contributed by atoms with E-state index in [0.717, 1.165) is 25.7 Å². The van der Waals surface area contributed by atoms with Gasteiger partial charge in [-0.3, -0.25) is 4.79 Å². The molecule has 2 heterocycles. The predicted octanol–water partition coefficient (Wildman–Crippen LogP) is 5.85. The van der Waals surface area contributed by atoms with E-state index in [2.05, 4.69) is 15.3 Å². The maximum atomic E-state index is 13.7. The molecule has 1 aromatic carbocycles. The maximum absolute atomic E-state index is 13.7. The summed E-state index contributed by atoms with van der Waals surface area (Å²) in [5.74, 6) is -1.83. The van der Waals surface area contributed by atoms with Crippen LogP contribution in [0, 0.1) is 6.92 Å². The third-order valence-corrected chi connectivity index (χ3v) is 8.03. The van der Waals surface area contributed by atoms with Gasteiger partial charge in [-0.2, -0.15) is 13.2 Å². The standard InChI is InChI=1S/C26H31Cl2F3N4O2/c1-15-21(14-16-7-8-18(27)19(28)13-16)33-25(26(29,30)31)34-23(15)24(36)35-11-9-17(10-12-35)32-20-5-3-4-6-22(20)37-2/h7-8,13,17,20,22,32H,3-6,9-12,14H2,1-2H3/t20-,22+/m1/s1. The Bertz CT molecular complexity index is 1120. The molecule has 1 aliphatic carbocycles. The molecule has 11 heteroatoms. The zero-order chi connectivity index (χ0) is 26.7. The lowest BCUT2D eigenvalue weighted by atomic mass is 9.90. The minimum Gasteiger partial charge on any atom is -0.380 e. The quantitative estimate of drug-likeness (QED) is 0.481. The molecule has 202 valence electrons. The number of likely N-dealkylation sites (tertiary alicyclic amines) is 1. The second-order valence-corrected chi connectivity index (χ2v) is 10.6. The number of ether oxygens (including phenoxy) is 1. The lowest BCUT2D eigenvalue weighted by Crippen LogP contribution is -2.52. The summed E-state index contributed by atoms with van der Waals surface area (Å²) in [7, 11) is 1.74. The van der Waals surface area contributed by atoms with E-state index in [9.17, 15) is 18.0 Å². The molecule has 4 rings (SSSR count). The zero-order valence-corrected chi connectivity index (χ0v) is 22.4. The van der Waals surface area contributed by atoms with Crippen molar-refractivity contribution in [1.29, 1.82) is 0 Å². The third-order valence-electron chi connectivity index (χ3n) is 7.30. The number of halogens is 5. The molecule has 1 amide bonds. The third kappa shape index (κ3) is 6.74. The maximum Gasteiger partial charge on any atom is 0.451 e. The number of carbonyl (C=O) groups is 1. The van der Waals surface area contributed by atoms with Gasteiger partial charge in [0, 0.05) is 44.3 Å². The number of hydrogen-bond donors (Lipinski definition) is 1. The van der Waals surface area contributed by atoms with Gasteiger partial charge >= 0.3 is 6.18 Å². The van der Waals surface area contributed by atoms with Gasteiger partial charge in [0.05, 0.1) is 21.8 Å². The van der Waals surface area contributed by atoms with Crippen molar-refractivity contribution >= 4 is 29.1 Å². The molecule has 0 unspecified atom stereocenters. The van der Waals surface area contributed by atoms with Gasteiger partial charge in [0.25, 0.3) is 5.91 Å². The summed E-state index contributed by atoms with van der Waals surface area (Å²) >= 11 is 12.0. The smallest absolute Gasteiger partial charge is 0.380 e. The van der Waals surface area contributed by atoms with Gasteiger partial charge in [-0.25, -0.2) is 9.97 Å². The van der Waals surface area contributed by atoms with Gasteiger partial charge in [0.2, 0.25) is 5.82 Å². The van der Waals surface area contributed by atoms with Crippen molar-refractivity contribution in [2.75, 3.05) is 20.2 Å². The minimum atomic E-state index is -4.79. The Balaban J connectivity index is 1.50. The van der Waals surface area contributed by atoms with E-state index in [0.29, 0.717) is 47.1 Å². The van der Waals surface area contributed by atoms with Crippen LogP contribution in [0.25, 0.3) is 0 Å². The van der Waals surface area contributed by atoms with Gasteiger partial charge < -0.3 is 15.0 Å². The molecule has 0 radical (unpaired) electrons. The molecule has 2 aliphatic rings. The Morgan fingerprint density at radius 1 is 1.11 bits per heavy atom. The number of amides is 1. The first kappa shape index (κ1) is 28.1. The second-order valence-electron chi connectivity index (χ2n) is 9.79. The molecule has 1 saturated carbocycles. The number of nitrogens with zero attached hydrogens (tertiary/aromatic N) is 3. The highest BCUT2D eigenvalue weighted by atomic mass is 35.5. The lowest BCUT2D eigenvalue weighted by molar-refractivity contribution is -0.145. The normalized spacial score (nSPS) is 21.3. The molecule has 2 fully saturated rings. The highest BCUT2D eigenvalue weighted by Gasteiger charge is 2.38. The van der Waals surface area contributed by atoms with Gasteiger partial charge in [0.1, 0.15) is 5.69 Å². The average Bonchev–Trinajstić information content (AvgIpc) is 2.87. The molecule has 6 nitrogen and oxygen atoms in total. The molecule has 1 aliphatic heterocycles. The van der Waals surface area contributed by atoms with Crippen molar-refractivity contribution in [3.05, 3.63) is 56.6 Å². The van der Waals surface area contributed by atoms with Crippen LogP contribution in [-0.2, 0) is 17.3 Å². The predicted molar refractivity (Wildman–Crippen MR) is 136 cm³/mol. The number of benzene rings is 1. The van der Waals surface area contributed by atoms with Crippen molar-refractivity contribution in [3.8, 4) is 0 Å². The van der Waals surface area contributed by atoms with Crippen molar-refractivity contribution in [1.82, 2.24) is 20.2 Å². The minimum absolute atomic E-state index is 0.0582. The van der Waals surface area contributed by atoms with Gasteiger partial charge in [-0.05, 0) is 50.3 Å². The summed E-state index contributed by atoms with van der Waals surface area (Å²) in [6, 6.07) is 5.34. The molecule has 0 spiro atoms. The number of piperidine rings is 1. The monoisotopic (exact) mass is 558 g/mol. The van der Waals surface area contributed by atoms with Crippen molar-refractivity contribution < 1.29 is 22.7 Å². The van der Waals surface area contributed by atoms with Gasteiger partial charge in [0.15, 0.2) is 0 Å². The van der Waals surface area contributed by atoms with Crippen LogP contribution in [0.5, 0.6) is 0 Å². The average molecular weight is 559 g/mol. The number of methoxy groups -OCH3 is 1. The van der Waals surface area contributed by atoms with E-state index >= 15 is 0 Å². The molecule has 1 aromatic heterocycles. The lowest BCUT2D eigenvalue weighted by Gasteiger charge is -2.38. The van der Waals surface area contributed by atoms with E-state index in [-0.39, 0.29) is 36.0 Å². The van der Waals surface area contributed by atoms with Crippen LogP contribution < -0.4 is 5.32 Å². The topological polar surface area (TPSA) is 67.3 Å². The first-order valence-corrected chi connectivity index (χ1v) is 13.3. The fourth-order valence-electron chi connectivity index (χ4n) is 5.18. The van der Waals surface area contributed by atoms with Crippen LogP contribution in [-0.4, -0.2) is 59.2 Å². The van der Waals surface area contributed by atoms with Crippen LogP contribution >= 0.6 is 23.2 Å². The van der Waals surface area contributed by atoms with Crippen LogP contribution in [0.3, 0.4) is 0 Å². The van der Waals surface area contributed by atoms with Crippen LogP contribution in [0.1, 0.15) is 71.7 Å². The Hall–Kier alpha value is -1.94. The Labute approximate surface area is 224 Å². The number of nitrogens with one attached hydrogen (secondary N) is 1. The summed E-state index contributed by atoms with van der Waals surface area (Å²) in [6.45, 7) is 2.46. The summed E-state index contributed by atoms with van der Waals surface area (Å²) in [5, 5.41) is 4.32. The number of aromatic nitrogens is 2. The molecule has 37 heavy (non-hydrogen) atoms. The van der Waals surface area contributed by atoms with E-state index in [4.69, 9.17) is 27.9 Å². The molecule has 1 N–H and O–H groups in total. The molecular formula is C26H31Cl2F3N4O2. The highest BCUT2D eigenvalue weighted by Crippen LogP contribution is 2.30. The number of rotatable bonds is 6. The summed E-state index contributed by atoms with van der Waals surface area (Å²) in [5.41, 5.74) is 0.875. The Morgan fingerprint density at radius 2 is 1.81 bits per heavy atom. The molecule has 1 saturated heterocycles. The van der Waals surface area contributed by atoms with E-state index in [1.165, 1.54) is 0 Å². The summed E-state index contributed by atoms with van der Waals surface area (Å²) in [4.78, 5) is 22.4. The Morgan fingerprint density at radius 3 is 2.46 bits per heavy atom. The number of carbonyl (C=O) groups excluding carboxylic acids is 1. The van der Waals surface area contributed by atoms with Crippen molar-refractivity contribution in [2.24, 2.45) is 0 Å². The Kier molecular flexibility index (Phi) is 8.99. The van der Waals surface area contributed by atoms with E-state index in [1.807, 2.05) is 0 Å². The number of hydrogen-bond acceptors (Lipinski definition) is 5. The van der Waals surface area contributed by atoms with Crippen LogP contribution in [0.15, 0.2) is 18.2 Å². The SMILES string of the molecule is CO[C@H]1CCCC[C@H]1NC1CCN(C(=O)c2nc(C(F)(F)F)nc(Cc3ccc(Cl)c(Cl)c3)c2C)CC1. The molecular weight excluding hydrogens is 528 g/mol.